The molecule has 1 aromatic heterocycles. The van der Waals surface area contributed by atoms with Crippen LogP contribution < -0.4 is 9.47 Å². The van der Waals surface area contributed by atoms with Crippen molar-refractivity contribution in [3.63, 3.8) is 0 Å². The minimum Gasteiger partial charge on any atom is -0.508 e. The molecule has 0 saturated carbocycles. The zero-order chi connectivity index (χ0) is 17.1. The fourth-order valence-corrected chi connectivity index (χ4v) is 2.59. The number of hydrogen-bond donors (Lipinski definition) is 1. The first-order valence-corrected chi connectivity index (χ1v) is 7.57. The molecule has 3 aromatic rings. The van der Waals surface area contributed by atoms with Crippen molar-refractivity contribution in [1.29, 1.82) is 0 Å². The van der Waals surface area contributed by atoms with Gasteiger partial charge in [0.15, 0.2) is 11.5 Å². The number of phenolic OH excluding ortho intramolecular Hbond substituents is 1. The van der Waals surface area contributed by atoms with E-state index in [4.69, 9.17) is 13.9 Å². The Morgan fingerprint density at radius 1 is 0.917 bits per heavy atom. The second-order valence-corrected chi connectivity index (χ2v) is 5.44. The average molecular weight is 323 g/mol. The highest BCUT2D eigenvalue weighted by molar-refractivity contribution is 5.93. The van der Waals surface area contributed by atoms with Gasteiger partial charge in [-0.3, -0.25) is 0 Å². The summed E-state index contributed by atoms with van der Waals surface area (Å²) in [6, 6.07) is 12.8. The van der Waals surface area contributed by atoms with Gasteiger partial charge in [0.25, 0.3) is 0 Å². The van der Waals surface area contributed by atoms with Crippen LogP contribution in [0.1, 0.15) is 17.1 Å². The Morgan fingerprint density at radius 2 is 1.58 bits per heavy atom. The number of fused-ring (bicyclic) bond motifs is 1. The Kier molecular flexibility index (Phi) is 4.38. The lowest BCUT2D eigenvalue weighted by Crippen LogP contribution is -1.92. The van der Waals surface area contributed by atoms with Crippen LogP contribution in [-0.4, -0.2) is 19.3 Å². The van der Waals surface area contributed by atoms with Crippen molar-refractivity contribution in [3.8, 4) is 17.2 Å². The molecule has 0 aliphatic carbocycles. The van der Waals surface area contributed by atoms with Gasteiger partial charge in [0, 0.05) is 23.6 Å². The molecule has 2 aromatic carbocycles. The summed E-state index contributed by atoms with van der Waals surface area (Å²) in [5.74, 6) is 3.13. The molecule has 0 spiro atoms. The quantitative estimate of drug-likeness (QED) is 0.693. The summed E-state index contributed by atoms with van der Waals surface area (Å²) < 4.78 is 16.6. The van der Waals surface area contributed by atoms with Gasteiger partial charge in [0.2, 0.25) is 0 Å². The Morgan fingerprint density at radius 3 is 2.25 bits per heavy atom. The maximum absolute atomic E-state index is 9.36. The molecule has 1 N–H and O–H groups in total. The van der Waals surface area contributed by atoms with E-state index in [9.17, 15) is 5.11 Å². The zero-order valence-electron chi connectivity index (χ0n) is 13.9. The zero-order valence-corrected chi connectivity index (χ0v) is 13.9. The molecule has 1 heterocycles. The summed E-state index contributed by atoms with van der Waals surface area (Å²) in [6.45, 7) is 1.91. The van der Waals surface area contributed by atoms with Gasteiger partial charge in [0.1, 0.15) is 5.75 Å². The first kappa shape index (κ1) is 15.9. The van der Waals surface area contributed by atoms with Crippen LogP contribution >= 0.6 is 0 Å². The van der Waals surface area contributed by atoms with Crippen molar-refractivity contribution in [3.05, 3.63) is 59.5 Å². The molecule has 4 heteroatoms. The first-order valence-electron chi connectivity index (χ1n) is 7.57. The molecule has 0 atom stereocenters. The van der Waals surface area contributed by atoms with Crippen LogP contribution in [0.2, 0.25) is 0 Å². The van der Waals surface area contributed by atoms with Gasteiger partial charge in [-0.05, 0) is 29.8 Å². The lowest BCUT2D eigenvalue weighted by molar-refractivity contribution is 0.355. The number of methoxy groups -OCH3 is 2. The van der Waals surface area contributed by atoms with Crippen LogP contribution in [-0.2, 0) is 0 Å². The van der Waals surface area contributed by atoms with Crippen molar-refractivity contribution in [1.82, 2.24) is 0 Å². The molecule has 0 aliphatic rings. The Labute approximate surface area is 140 Å². The number of benzene rings is 2. The topological polar surface area (TPSA) is 50.0 Å². The van der Waals surface area contributed by atoms with Crippen LogP contribution in [0, 0.1) is 6.92 Å². The smallest absolute Gasteiger partial charge is 0.360 e. The Hall–Kier alpha value is -3.01. The number of hydrogen-bond acceptors (Lipinski definition) is 3. The molecule has 24 heavy (non-hydrogen) atoms. The van der Waals surface area contributed by atoms with Crippen molar-refractivity contribution < 1.29 is 19.0 Å². The number of phenols is 1. The van der Waals surface area contributed by atoms with E-state index in [1.54, 1.807) is 26.4 Å². The van der Waals surface area contributed by atoms with Crippen LogP contribution in [0.4, 0.5) is 0 Å². The summed E-state index contributed by atoms with van der Waals surface area (Å²) in [5.41, 5.74) is 0.970. The van der Waals surface area contributed by atoms with Gasteiger partial charge in [0.05, 0.1) is 26.5 Å². The van der Waals surface area contributed by atoms with Crippen molar-refractivity contribution in [2.75, 3.05) is 14.2 Å². The Bertz CT molecular complexity index is 896. The van der Waals surface area contributed by atoms with E-state index < -0.39 is 0 Å². The van der Waals surface area contributed by atoms with Crippen LogP contribution in [0.3, 0.4) is 0 Å². The minimum absolute atomic E-state index is 0.245. The molecule has 0 unspecified atom stereocenters. The fraction of sp³-hybridized carbons (Fsp3) is 0.150. The summed E-state index contributed by atoms with van der Waals surface area (Å²) in [6.07, 6.45) is 3.85. The summed E-state index contributed by atoms with van der Waals surface area (Å²) >= 11 is 0. The van der Waals surface area contributed by atoms with Crippen LogP contribution in [0.25, 0.3) is 22.9 Å². The number of aromatic hydroxyl groups is 1. The maximum Gasteiger partial charge on any atom is 0.360 e. The molecule has 122 valence electrons. The van der Waals surface area contributed by atoms with Crippen molar-refractivity contribution in [2.45, 2.75) is 6.92 Å². The molecule has 0 bridgehead atoms. The van der Waals surface area contributed by atoms with Gasteiger partial charge in [-0.15, -0.1) is 0 Å². The molecule has 4 nitrogen and oxygen atoms in total. The van der Waals surface area contributed by atoms with Gasteiger partial charge in [-0.25, -0.2) is 4.42 Å². The second kappa shape index (κ2) is 6.62. The van der Waals surface area contributed by atoms with E-state index >= 15 is 0 Å². The van der Waals surface area contributed by atoms with E-state index in [1.807, 2.05) is 49.4 Å². The van der Waals surface area contributed by atoms with E-state index in [0.29, 0.717) is 11.5 Å². The van der Waals surface area contributed by atoms with E-state index in [2.05, 4.69) is 0 Å². The minimum atomic E-state index is 0.245. The molecular formula is C20H19O4+. The predicted molar refractivity (Wildman–Crippen MR) is 95.5 cm³/mol. The summed E-state index contributed by atoms with van der Waals surface area (Å²) in [5, 5.41) is 11.3. The maximum atomic E-state index is 9.36. The number of rotatable bonds is 4. The highest BCUT2D eigenvalue weighted by Gasteiger charge is 2.17. The van der Waals surface area contributed by atoms with E-state index in [0.717, 1.165) is 27.9 Å². The van der Waals surface area contributed by atoms with Gasteiger partial charge in [-0.1, -0.05) is 12.1 Å². The average Bonchev–Trinajstić information content (AvgIpc) is 2.59. The van der Waals surface area contributed by atoms with Crippen LogP contribution in [0.15, 0.2) is 46.9 Å². The molecule has 0 amide bonds. The molecular weight excluding hydrogens is 304 g/mol. The monoisotopic (exact) mass is 323 g/mol. The third-order valence-corrected chi connectivity index (χ3v) is 3.77. The second-order valence-electron chi connectivity index (χ2n) is 5.44. The van der Waals surface area contributed by atoms with E-state index in [-0.39, 0.29) is 5.75 Å². The highest BCUT2D eigenvalue weighted by atomic mass is 16.5. The number of ether oxygens (including phenoxy) is 2. The van der Waals surface area contributed by atoms with Gasteiger partial charge < -0.3 is 14.6 Å². The first-order chi connectivity index (χ1) is 11.6. The highest BCUT2D eigenvalue weighted by Crippen LogP contribution is 2.34. The lowest BCUT2D eigenvalue weighted by atomic mass is 10.1. The van der Waals surface area contributed by atoms with Gasteiger partial charge >= 0.3 is 11.5 Å². The lowest BCUT2D eigenvalue weighted by Gasteiger charge is -2.08. The largest absolute Gasteiger partial charge is 0.508 e. The molecule has 0 radical (unpaired) electrons. The fourth-order valence-electron chi connectivity index (χ4n) is 2.59. The number of aryl methyl sites for hydroxylation is 1. The summed E-state index contributed by atoms with van der Waals surface area (Å²) in [4.78, 5) is 0. The molecule has 3 rings (SSSR count). The van der Waals surface area contributed by atoms with Crippen molar-refractivity contribution >= 4 is 22.9 Å². The summed E-state index contributed by atoms with van der Waals surface area (Å²) in [7, 11) is 3.23. The Balaban J connectivity index is 2.10. The van der Waals surface area contributed by atoms with Gasteiger partial charge in [-0.2, -0.15) is 0 Å². The third kappa shape index (κ3) is 3.18. The van der Waals surface area contributed by atoms with Crippen LogP contribution in [0.5, 0.6) is 17.2 Å². The SMILES string of the molecule is COc1cc2cc(C)[o+]c(C=Cc3ccc(O)cc3)c2cc1OC. The molecule has 0 fully saturated rings. The van der Waals surface area contributed by atoms with E-state index in [1.165, 1.54) is 0 Å². The molecule has 0 aliphatic heterocycles. The standard InChI is InChI=1S/C20H18O4/c1-13-10-15-11-19(22-2)20(23-3)12-17(15)18(24-13)9-6-14-4-7-16(21)8-5-14/h4-12H,1-3H3/p+1. The normalized spacial score (nSPS) is 11.1. The molecule has 0 saturated heterocycles. The van der Waals surface area contributed by atoms with Crippen molar-refractivity contribution in [2.24, 2.45) is 0 Å². The third-order valence-electron chi connectivity index (χ3n) is 3.77. The predicted octanol–water partition coefficient (Wildman–Crippen LogP) is 4.92.